The molecule has 2 heterocycles. The predicted octanol–water partition coefficient (Wildman–Crippen LogP) is 4.62. The van der Waals surface area contributed by atoms with Gasteiger partial charge in [0.15, 0.2) is 0 Å². The molecule has 1 aliphatic heterocycles. The zero-order valence-corrected chi connectivity index (χ0v) is 21.1. The molecule has 1 aromatic carbocycles. The van der Waals surface area contributed by atoms with E-state index in [2.05, 4.69) is 5.32 Å². The zero-order chi connectivity index (χ0) is 26.1. The van der Waals surface area contributed by atoms with Crippen LogP contribution in [0.25, 0.3) is 11.3 Å². The van der Waals surface area contributed by atoms with E-state index in [1.165, 1.54) is 6.07 Å². The number of carbonyl (C=O) groups excluding carboxylic acids is 1. The van der Waals surface area contributed by atoms with Crippen molar-refractivity contribution in [3.8, 4) is 11.3 Å². The third-order valence-corrected chi connectivity index (χ3v) is 8.19. The molecule has 0 bridgehead atoms. The summed E-state index contributed by atoms with van der Waals surface area (Å²) in [5.41, 5.74) is 0.375. The average Bonchev–Trinajstić information content (AvgIpc) is 3.15. The summed E-state index contributed by atoms with van der Waals surface area (Å²) in [6.45, 7) is 3.50. The molecule has 11 heteroatoms. The van der Waals surface area contributed by atoms with Crippen molar-refractivity contribution in [2.45, 2.75) is 75.5 Å². The summed E-state index contributed by atoms with van der Waals surface area (Å²) < 4.78 is 72.4. The van der Waals surface area contributed by atoms with Crippen molar-refractivity contribution in [3.05, 3.63) is 41.1 Å². The second kappa shape index (κ2) is 10.5. The second-order valence-electron chi connectivity index (χ2n) is 9.76. The molecule has 0 atom stereocenters. The highest BCUT2D eigenvalue weighted by Gasteiger charge is 2.37. The third kappa shape index (κ3) is 5.95. The fraction of sp³-hybridized carbons (Fsp3) is 0.560. The molecule has 198 valence electrons. The molecule has 4 rings (SSSR count). The highest BCUT2D eigenvalue weighted by atomic mass is 32.2. The molecule has 1 aliphatic carbocycles. The van der Waals surface area contributed by atoms with Gasteiger partial charge in [0.1, 0.15) is 0 Å². The maximum Gasteiger partial charge on any atom is 0.417 e. The molecule has 0 unspecified atom stereocenters. The Balaban J connectivity index is 1.77. The number of sulfonamides is 1. The van der Waals surface area contributed by atoms with E-state index in [1.54, 1.807) is 13.0 Å². The van der Waals surface area contributed by atoms with Gasteiger partial charge in [-0.3, -0.25) is 4.79 Å². The van der Waals surface area contributed by atoms with Gasteiger partial charge in [-0.25, -0.2) is 13.6 Å². The van der Waals surface area contributed by atoms with Crippen LogP contribution in [0.3, 0.4) is 0 Å². The molecule has 36 heavy (non-hydrogen) atoms. The quantitative estimate of drug-likeness (QED) is 0.572. The van der Waals surface area contributed by atoms with Crippen LogP contribution in [0.15, 0.2) is 29.2 Å². The van der Waals surface area contributed by atoms with Crippen LogP contribution in [0.2, 0.25) is 0 Å². The highest BCUT2D eigenvalue weighted by Crippen LogP contribution is 2.38. The van der Waals surface area contributed by atoms with Crippen molar-refractivity contribution in [3.63, 3.8) is 0 Å². The molecule has 2 aromatic rings. The van der Waals surface area contributed by atoms with E-state index < -0.39 is 26.7 Å². The first-order valence-electron chi connectivity index (χ1n) is 12.3. The Labute approximate surface area is 209 Å². The van der Waals surface area contributed by atoms with E-state index in [1.807, 2.05) is 4.57 Å². The number of hydrogen-bond acceptors (Lipinski definition) is 4. The number of carbonyl (C=O) groups is 1. The minimum absolute atomic E-state index is 0.0262. The normalized spacial score (nSPS) is 18.4. The van der Waals surface area contributed by atoms with Gasteiger partial charge in [-0.2, -0.15) is 13.2 Å². The van der Waals surface area contributed by atoms with Crippen molar-refractivity contribution >= 4 is 15.9 Å². The predicted molar refractivity (Wildman–Crippen MR) is 129 cm³/mol. The Hall–Kier alpha value is -2.37. The lowest BCUT2D eigenvalue weighted by Gasteiger charge is -2.25. The molecule has 1 amide bonds. The summed E-state index contributed by atoms with van der Waals surface area (Å²) in [6, 6.07) is 4.61. The average molecular weight is 528 g/mol. The summed E-state index contributed by atoms with van der Waals surface area (Å²) in [4.78, 5) is 12.2. The maximum atomic E-state index is 13.8. The SMILES string of the molecule is Cc1c(C(=O)NC2CCOCC2)cc(-c2ccc(S(N)(=O)=O)c(C(F)(F)F)c2)n1CC1CCCCC1. The number of rotatable bonds is 6. The number of hydrogen-bond donors (Lipinski definition) is 2. The van der Waals surface area contributed by atoms with Crippen LogP contribution in [0.5, 0.6) is 0 Å². The molecule has 0 radical (unpaired) electrons. The van der Waals surface area contributed by atoms with E-state index in [-0.39, 0.29) is 17.5 Å². The fourth-order valence-corrected chi connectivity index (χ4v) is 5.98. The van der Waals surface area contributed by atoms with Gasteiger partial charge >= 0.3 is 6.18 Å². The molecule has 1 saturated carbocycles. The smallest absolute Gasteiger partial charge is 0.381 e. The Bertz CT molecular complexity index is 1210. The van der Waals surface area contributed by atoms with Gasteiger partial charge in [-0.15, -0.1) is 0 Å². The first-order chi connectivity index (χ1) is 16.9. The first-order valence-corrected chi connectivity index (χ1v) is 13.8. The number of nitrogens with two attached hydrogens (primary N) is 1. The minimum Gasteiger partial charge on any atom is -0.381 e. The monoisotopic (exact) mass is 527 g/mol. The molecule has 2 fully saturated rings. The number of primary sulfonamides is 1. The number of amides is 1. The summed E-state index contributed by atoms with van der Waals surface area (Å²) in [5.74, 6) is 0.0704. The highest BCUT2D eigenvalue weighted by molar-refractivity contribution is 7.89. The van der Waals surface area contributed by atoms with E-state index in [9.17, 15) is 26.4 Å². The number of nitrogens with zero attached hydrogens (tertiary/aromatic N) is 1. The van der Waals surface area contributed by atoms with Crippen molar-refractivity contribution in [1.82, 2.24) is 9.88 Å². The van der Waals surface area contributed by atoms with Gasteiger partial charge in [0.05, 0.1) is 16.0 Å². The van der Waals surface area contributed by atoms with Crippen LogP contribution in [0, 0.1) is 12.8 Å². The van der Waals surface area contributed by atoms with Crippen LogP contribution >= 0.6 is 0 Å². The van der Waals surface area contributed by atoms with Gasteiger partial charge in [-0.1, -0.05) is 25.3 Å². The third-order valence-electron chi connectivity index (χ3n) is 7.22. The van der Waals surface area contributed by atoms with Crippen LogP contribution in [-0.4, -0.2) is 38.1 Å². The number of aromatic nitrogens is 1. The number of nitrogens with one attached hydrogen (secondary N) is 1. The molecule has 2 aliphatic rings. The van der Waals surface area contributed by atoms with E-state index in [4.69, 9.17) is 9.88 Å². The summed E-state index contributed by atoms with van der Waals surface area (Å²) in [6.07, 6.45) is 1.86. The lowest BCUT2D eigenvalue weighted by Crippen LogP contribution is -2.39. The van der Waals surface area contributed by atoms with Gasteiger partial charge < -0.3 is 14.6 Å². The van der Waals surface area contributed by atoms with Gasteiger partial charge in [0.25, 0.3) is 5.91 Å². The van der Waals surface area contributed by atoms with Crippen LogP contribution in [0.4, 0.5) is 13.2 Å². The number of alkyl halides is 3. The number of halogens is 3. The molecule has 1 saturated heterocycles. The van der Waals surface area contributed by atoms with Gasteiger partial charge in [-0.05, 0) is 62.3 Å². The molecule has 1 aromatic heterocycles. The van der Waals surface area contributed by atoms with Crippen LogP contribution in [0.1, 0.15) is 66.6 Å². The number of ether oxygens (including phenoxy) is 1. The largest absolute Gasteiger partial charge is 0.417 e. The fourth-order valence-electron chi connectivity index (χ4n) is 5.24. The molecular weight excluding hydrogens is 495 g/mol. The summed E-state index contributed by atoms with van der Waals surface area (Å²) in [7, 11) is -4.58. The lowest BCUT2D eigenvalue weighted by molar-refractivity contribution is -0.139. The summed E-state index contributed by atoms with van der Waals surface area (Å²) in [5, 5.41) is 8.09. The Kier molecular flexibility index (Phi) is 7.82. The Morgan fingerprint density at radius 2 is 1.78 bits per heavy atom. The van der Waals surface area contributed by atoms with Crippen molar-refractivity contribution < 1.29 is 31.1 Å². The summed E-state index contributed by atoms with van der Waals surface area (Å²) >= 11 is 0. The van der Waals surface area contributed by atoms with Gasteiger partial charge in [0, 0.05) is 37.2 Å². The second-order valence-corrected chi connectivity index (χ2v) is 11.3. The molecule has 3 N–H and O–H groups in total. The maximum absolute atomic E-state index is 13.8. The van der Waals surface area contributed by atoms with E-state index >= 15 is 0 Å². The van der Waals surface area contributed by atoms with Crippen LogP contribution in [-0.2, 0) is 27.5 Å². The Morgan fingerprint density at radius 1 is 1.11 bits per heavy atom. The van der Waals surface area contributed by atoms with Crippen molar-refractivity contribution in [1.29, 1.82) is 0 Å². The van der Waals surface area contributed by atoms with Crippen LogP contribution < -0.4 is 10.5 Å². The topological polar surface area (TPSA) is 103 Å². The van der Waals surface area contributed by atoms with Crippen molar-refractivity contribution in [2.24, 2.45) is 11.1 Å². The molecule has 0 spiro atoms. The van der Waals surface area contributed by atoms with Crippen molar-refractivity contribution in [2.75, 3.05) is 13.2 Å². The molecular formula is C25H32F3N3O4S. The minimum atomic E-state index is -4.92. The van der Waals surface area contributed by atoms with E-state index in [0.717, 1.165) is 44.2 Å². The first kappa shape index (κ1) is 26.7. The molecule has 7 nitrogen and oxygen atoms in total. The number of benzene rings is 1. The van der Waals surface area contributed by atoms with E-state index in [0.29, 0.717) is 55.5 Å². The zero-order valence-electron chi connectivity index (χ0n) is 20.2. The Morgan fingerprint density at radius 3 is 2.39 bits per heavy atom. The standard InChI is InChI=1S/C25H32F3N3O4S/c1-16-20(24(32)30-19-9-11-35-12-10-19)14-22(31(16)15-17-5-3-2-4-6-17)18-7-8-23(36(29,33)34)21(13-18)25(26,27)28/h7-8,13-14,17,19H,2-6,9-12,15H2,1H3,(H,30,32)(H2,29,33,34). The van der Waals surface area contributed by atoms with Gasteiger partial charge in [0.2, 0.25) is 10.0 Å². The lowest BCUT2D eigenvalue weighted by atomic mass is 9.89.